The highest BCUT2D eigenvalue weighted by atomic mass is 35.7. The molecule has 3 rings (SSSR count). The van der Waals surface area contributed by atoms with Gasteiger partial charge in [0.15, 0.2) is 10.9 Å². The Morgan fingerprint density at radius 1 is 1.31 bits per heavy atom. The Labute approximate surface area is 196 Å². The van der Waals surface area contributed by atoms with Gasteiger partial charge >= 0.3 is 12.9 Å². The molecule has 1 amide bonds. The lowest BCUT2D eigenvalue weighted by atomic mass is 9.89. The van der Waals surface area contributed by atoms with Gasteiger partial charge in [-0.3, -0.25) is 14.3 Å². The third-order valence-electron chi connectivity index (χ3n) is 4.55. The number of nitrogens with one attached hydrogen (secondary N) is 1. The maximum atomic E-state index is 13.2. The second-order valence-corrected chi connectivity index (χ2v) is 12.2. The zero-order chi connectivity index (χ0) is 23.7. The summed E-state index contributed by atoms with van der Waals surface area (Å²) in [5.41, 5.74) is 0.193. The van der Waals surface area contributed by atoms with Crippen LogP contribution in [0.5, 0.6) is 0 Å². The van der Waals surface area contributed by atoms with Gasteiger partial charge in [0, 0.05) is 17.7 Å². The summed E-state index contributed by atoms with van der Waals surface area (Å²) in [6, 6.07) is 8.80. The molecule has 3 unspecified atom stereocenters. The Balaban J connectivity index is 1.98. The fraction of sp³-hybridized carbons (Fsp3) is 0.476. The number of fused-ring (bicyclic) bond motifs is 1. The maximum Gasteiger partial charge on any atom is 0.476 e. The number of ether oxygens (including phenoxy) is 1. The Morgan fingerprint density at radius 3 is 2.53 bits per heavy atom. The number of hydrogen-bond donors (Lipinski definition) is 1. The van der Waals surface area contributed by atoms with Crippen molar-refractivity contribution in [2.45, 2.75) is 57.6 Å². The van der Waals surface area contributed by atoms with Crippen LogP contribution in [0, 0.1) is 0 Å². The van der Waals surface area contributed by atoms with Gasteiger partial charge in [-0.15, -0.1) is 0 Å². The second kappa shape index (κ2) is 9.21. The Kier molecular flexibility index (Phi) is 7.15. The van der Waals surface area contributed by atoms with Gasteiger partial charge in [-0.25, -0.2) is 9.36 Å². The van der Waals surface area contributed by atoms with E-state index in [0.717, 1.165) is 5.56 Å². The number of nitrogens with zero attached hydrogens (tertiary/aromatic N) is 1. The Morgan fingerprint density at radius 2 is 1.97 bits per heavy atom. The van der Waals surface area contributed by atoms with Crippen molar-refractivity contribution in [3.8, 4) is 0 Å². The summed E-state index contributed by atoms with van der Waals surface area (Å²) in [4.78, 5) is 28.9. The minimum absolute atomic E-state index is 0.00517. The molecule has 0 aliphatic carbocycles. The predicted octanol–water partition coefficient (Wildman–Crippen LogP) is 4.58. The number of amides is 1. The van der Waals surface area contributed by atoms with Crippen LogP contribution in [0.3, 0.4) is 0 Å². The van der Waals surface area contributed by atoms with Crippen molar-refractivity contribution in [2.75, 3.05) is 6.61 Å². The Bertz CT molecular complexity index is 1020. The molecule has 0 saturated carbocycles. The largest absolute Gasteiger partial charge is 0.476 e. The molecule has 1 aromatic carbocycles. The number of benzene rings is 1. The summed E-state index contributed by atoms with van der Waals surface area (Å²) in [5, 5.41) is 3.47. The van der Waals surface area contributed by atoms with Crippen molar-refractivity contribution >= 4 is 46.9 Å². The van der Waals surface area contributed by atoms with E-state index in [1.165, 1.54) is 18.7 Å². The van der Waals surface area contributed by atoms with Gasteiger partial charge in [0.2, 0.25) is 5.91 Å². The molecule has 11 heteroatoms. The lowest BCUT2D eigenvalue weighted by molar-refractivity contribution is -0.151. The van der Waals surface area contributed by atoms with E-state index >= 15 is 0 Å². The zero-order valence-corrected chi connectivity index (χ0v) is 21.0. The van der Waals surface area contributed by atoms with Crippen molar-refractivity contribution in [3.05, 3.63) is 47.2 Å². The van der Waals surface area contributed by atoms with Crippen molar-refractivity contribution in [2.24, 2.45) is 4.99 Å². The summed E-state index contributed by atoms with van der Waals surface area (Å²) < 4.78 is 28.4. The number of carbonyl (C=O) groups is 2. The number of rotatable bonds is 8. The second-order valence-electron chi connectivity index (χ2n) is 8.29. The molecule has 1 fully saturated rings. The molecule has 0 spiro atoms. The minimum Gasteiger partial charge on any atom is -0.456 e. The molecule has 2 aliphatic heterocycles. The average Bonchev–Trinajstić information content (AvgIpc) is 2.92. The number of thioether (sulfide) groups is 1. The number of esters is 1. The first-order chi connectivity index (χ1) is 14.9. The molecule has 32 heavy (non-hydrogen) atoms. The molecule has 1 saturated heterocycles. The first-order valence-corrected chi connectivity index (χ1v) is 13.3. The van der Waals surface area contributed by atoms with Gasteiger partial charge in [0.1, 0.15) is 16.9 Å². The van der Waals surface area contributed by atoms with Gasteiger partial charge in [0.25, 0.3) is 0 Å². The zero-order valence-electron chi connectivity index (χ0n) is 18.5. The maximum absolute atomic E-state index is 13.2. The summed E-state index contributed by atoms with van der Waals surface area (Å²) in [7, 11) is 0. The third-order valence-corrected chi connectivity index (χ3v) is 7.44. The van der Waals surface area contributed by atoms with E-state index in [4.69, 9.17) is 25.0 Å². The molecule has 0 radical (unpaired) electrons. The van der Waals surface area contributed by atoms with Crippen LogP contribution in [0.15, 0.2) is 46.7 Å². The number of hydrogen-bond acceptors (Lipinski definition) is 8. The van der Waals surface area contributed by atoms with Gasteiger partial charge in [0.05, 0.1) is 11.7 Å². The molecule has 1 aromatic rings. The molecule has 8 nitrogen and oxygen atoms in total. The third kappa shape index (κ3) is 5.39. The summed E-state index contributed by atoms with van der Waals surface area (Å²) >= 11 is 7.13. The number of halogens is 1. The van der Waals surface area contributed by atoms with E-state index in [1.807, 2.05) is 30.3 Å². The first kappa shape index (κ1) is 24.8. The van der Waals surface area contributed by atoms with Gasteiger partial charge < -0.3 is 14.6 Å². The standard InChI is InChI=1S/C21H26ClN2O6PS/c1-6-28-31(22,27)30-13(2)16(19(26)29-20(3,4)5)21-17(18(25)24-21)23-15(32-21)12-14-10-8-7-9-11-14/h7-11,17H,6,12H2,1-5H3,(H,24,25). The lowest BCUT2D eigenvalue weighted by Gasteiger charge is -2.43. The molecule has 2 aliphatic rings. The molecule has 174 valence electrons. The molecule has 0 bridgehead atoms. The quantitative estimate of drug-likeness (QED) is 0.183. The van der Waals surface area contributed by atoms with Crippen LogP contribution in [-0.4, -0.2) is 40.0 Å². The molecule has 1 N–H and O–H groups in total. The van der Waals surface area contributed by atoms with Gasteiger partial charge in [-0.1, -0.05) is 42.1 Å². The van der Waals surface area contributed by atoms with Crippen LogP contribution in [0.4, 0.5) is 0 Å². The van der Waals surface area contributed by atoms with Crippen LogP contribution in [0.1, 0.15) is 40.2 Å². The highest BCUT2D eigenvalue weighted by Gasteiger charge is 2.64. The number of β-lactam (4-membered cyclic amide) rings is 1. The van der Waals surface area contributed by atoms with Crippen molar-refractivity contribution in [1.82, 2.24) is 5.32 Å². The summed E-state index contributed by atoms with van der Waals surface area (Å²) in [5.74, 6) is -1.11. The highest BCUT2D eigenvalue weighted by molar-refractivity contribution is 8.15. The van der Waals surface area contributed by atoms with Crippen molar-refractivity contribution < 1.29 is 27.9 Å². The monoisotopic (exact) mass is 500 g/mol. The molecule has 0 aromatic heterocycles. The van der Waals surface area contributed by atoms with Crippen molar-refractivity contribution in [1.29, 1.82) is 0 Å². The van der Waals surface area contributed by atoms with Crippen LogP contribution < -0.4 is 5.32 Å². The first-order valence-electron chi connectivity index (χ1n) is 10.1. The molecule has 3 atom stereocenters. The smallest absolute Gasteiger partial charge is 0.456 e. The number of aliphatic imine (C=N–C) groups is 1. The van der Waals surface area contributed by atoms with E-state index in [9.17, 15) is 14.2 Å². The summed E-state index contributed by atoms with van der Waals surface area (Å²) in [6.45, 7) is 4.28. The topological polar surface area (TPSA) is 103 Å². The minimum atomic E-state index is -4.00. The van der Waals surface area contributed by atoms with Crippen LogP contribution >= 0.6 is 30.0 Å². The van der Waals surface area contributed by atoms with Gasteiger partial charge in [-0.2, -0.15) is 0 Å². The molecule has 2 heterocycles. The van der Waals surface area contributed by atoms with Gasteiger partial charge in [-0.05, 0) is 40.2 Å². The van der Waals surface area contributed by atoms with Crippen LogP contribution in [-0.2, 0) is 34.4 Å². The predicted molar refractivity (Wildman–Crippen MR) is 125 cm³/mol. The van der Waals surface area contributed by atoms with E-state index in [-0.39, 0.29) is 23.8 Å². The number of allylic oxidation sites excluding steroid dienone is 1. The van der Waals surface area contributed by atoms with Crippen molar-refractivity contribution in [3.63, 3.8) is 0 Å². The van der Waals surface area contributed by atoms with E-state index in [0.29, 0.717) is 11.5 Å². The van der Waals surface area contributed by atoms with Crippen LogP contribution in [0.2, 0.25) is 0 Å². The normalized spacial score (nSPS) is 24.9. The van der Waals surface area contributed by atoms with E-state index in [1.54, 1.807) is 27.7 Å². The lowest BCUT2D eigenvalue weighted by Crippen LogP contribution is -2.70. The van der Waals surface area contributed by atoms with E-state index in [2.05, 4.69) is 10.3 Å². The fourth-order valence-electron chi connectivity index (χ4n) is 3.39. The summed E-state index contributed by atoms with van der Waals surface area (Å²) in [6.07, 6.45) is 0.493. The van der Waals surface area contributed by atoms with E-state index < -0.39 is 29.4 Å². The Hall–Kier alpha value is -1.80. The highest BCUT2D eigenvalue weighted by Crippen LogP contribution is 2.57. The SMILES string of the molecule is CCOP(=O)(Cl)OC(C)=C(C(=O)OC(C)(C)C)C12NC(=O)C1N=C(Cc1ccccc1)S2. The molecular weight excluding hydrogens is 475 g/mol. The fourth-order valence-corrected chi connectivity index (χ4v) is 6.30. The average molecular weight is 501 g/mol. The number of carbonyl (C=O) groups excluding carboxylic acids is 2. The van der Waals surface area contributed by atoms with Crippen LogP contribution in [0.25, 0.3) is 0 Å². The molecular formula is C21H26ClN2O6PS.